The first-order chi connectivity index (χ1) is 5.57. The second-order valence-electron chi connectivity index (χ2n) is 2.66. The van der Waals surface area contributed by atoms with E-state index in [1.54, 1.807) is 20.3 Å². The van der Waals surface area contributed by atoms with Gasteiger partial charge in [-0.25, -0.2) is 0 Å². The molecule has 0 heterocycles. The van der Waals surface area contributed by atoms with Gasteiger partial charge in [0.15, 0.2) is 5.88 Å². The van der Waals surface area contributed by atoms with Crippen molar-refractivity contribution in [3.63, 3.8) is 0 Å². The third kappa shape index (κ3) is 4.55. The molecule has 0 rings (SSSR count). The number of nitrogens with zero attached hydrogens (tertiary/aromatic N) is 1. The van der Waals surface area contributed by atoms with E-state index >= 15 is 0 Å². The van der Waals surface area contributed by atoms with Gasteiger partial charge in [-0.2, -0.15) is 0 Å². The molecule has 0 fully saturated rings. The molecule has 0 saturated heterocycles. The average molecular weight is 168 g/mol. The quantitative estimate of drug-likeness (QED) is 0.396. The van der Waals surface area contributed by atoms with Gasteiger partial charge in [-0.05, 0) is 26.3 Å². The summed E-state index contributed by atoms with van der Waals surface area (Å²) in [5.74, 6) is 1.34. The van der Waals surface area contributed by atoms with E-state index in [2.05, 4.69) is 16.9 Å². The third-order valence-corrected chi connectivity index (χ3v) is 1.06. The summed E-state index contributed by atoms with van der Waals surface area (Å²) in [4.78, 5) is 3.79. The number of nitrogens with one attached hydrogen (secondary N) is 1. The molecule has 0 aromatic rings. The fourth-order valence-electron chi connectivity index (χ4n) is 0.573. The highest BCUT2D eigenvalue weighted by Crippen LogP contribution is 2.05. The zero-order valence-electron chi connectivity index (χ0n) is 8.14. The van der Waals surface area contributed by atoms with Gasteiger partial charge in [0.05, 0.1) is 12.1 Å². The van der Waals surface area contributed by atoms with Crippen LogP contribution in [0.1, 0.15) is 20.8 Å². The lowest BCUT2D eigenvalue weighted by Gasteiger charge is -2.10. The smallest absolute Gasteiger partial charge is 0.196 e. The van der Waals surface area contributed by atoms with E-state index in [4.69, 9.17) is 4.74 Å². The first-order valence-corrected chi connectivity index (χ1v) is 3.76. The number of hydrogen-bond donors (Lipinski definition) is 1. The molecule has 0 unspecified atom stereocenters. The lowest BCUT2D eigenvalue weighted by atomic mass is 10.4. The van der Waals surface area contributed by atoms with Crippen LogP contribution in [0, 0.1) is 0 Å². The highest BCUT2D eigenvalue weighted by Gasteiger charge is 1.97. The van der Waals surface area contributed by atoms with Crippen molar-refractivity contribution in [2.75, 3.05) is 7.05 Å². The fraction of sp³-hybridized carbons (Fsp3) is 0.444. The number of allylic oxidation sites excluding steroid dienone is 2. The molecule has 0 bridgehead atoms. The molecule has 3 heteroatoms. The van der Waals surface area contributed by atoms with Gasteiger partial charge in [0, 0.05) is 7.05 Å². The Morgan fingerprint density at radius 1 is 1.42 bits per heavy atom. The van der Waals surface area contributed by atoms with Crippen LogP contribution < -0.4 is 5.32 Å². The molecule has 0 aromatic carbocycles. The summed E-state index contributed by atoms with van der Waals surface area (Å²) >= 11 is 0. The zero-order valence-corrected chi connectivity index (χ0v) is 8.14. The number of ether oxygens (including phenoxy) is 1. The third-order valence-electron chi connectivity index (χ3n) is 1.06. The zero-order chi connectivity index (χ0) is 9.56. The number of hydrogen-bond acceptors (Lipinski definition) is 2. The summed E-state index contributed by atoms with van der Waals surface area (Å²) in [5.41, 5.74) is 1.05. The van der Waals surface area contributed by atoms with Crippen LogP contribution in [0.4, 0.5) is 0 Å². The van der Waals surface area contributed by atoms with Crippen molar-refractivity contribution < 1.29 is 4.74 Å². The summed E-state index contributed by atoms with van der Waals surface area (Å²) in [5, 5.41) is 2.91. The largest absolute Gasteiger partial charge is 0.446 e. The van der Waals surface area contributed by atoms with Crippen molar-refractivity contribution in [1.29, 1.82) is 0 Å². The Kier molecular flexibility index (Phi) is 4.84. The highest BCUT2D eigenvalue weighted by molar-refractivity contribution is 5.56. The van der Waals surface area contributed by atoms with Crippen LogP contribution in [-0.2, 0) is 4.74 Å². The van der Waals surface area contributed by atoms with E-state index in [0.29, 0.717) is 11.6 Å². The van der Waals surface area contributed by atoms with Crippen LogP contribution in [0.3, 0.4) is 0 Å². The first-order valence-electron chi connectivity index (χ1n) is 3.76. The second-order valence-corrected chi connectivity index (χ2v) is 2.66. The molecular formula is C9H16N2O. The van der Waals surface area contributed by atoms with Crippen molar-refractivity contribution in [2.45, 2.75) is 20.8 Å². The molecule has 0 aliphatic rings. The van der Waals surface area contributed by atoms with E-state index in [-0.39, 0.29) is 0 Å². The normalized spacial score (nSPS) is 9.67. The van der Waals surface area contributed by atoms with Crippen molar-refractivity contribution >= 4 is 6.34 Å². The average Bonchev–Trinajstić information content (AvgIpc) is 1.96. The Morgan fingerprint density at radius 2 is 2.00 bits per heavy atom. The molecule has 1 N–H and O–H groups in total. The maximum Gasteiger partial charge on any atom is 0.196 e. The fourth-order valence-corrected chi connectivity index (χ4v) is 0.573. The maximum atomic E-state index is 5.30. The number of rotatable bonds is 4. The van der Waals surface area contributed by atoms with Crippen molar-refractivity contribution in [2.24, 2.45) is 4.99 Å². The Hall–Kier alpha value is -1.25. The molecule has 0 saturated carbocycles. The second kappa shape index (κ2) is 5.41. The Labute approximate surface area is 73.8 Å². The Balaban J connectivity index is 4.26. The molecule has 0 radical (unpaired) electrons. The van der Waals surface area contributed by atoms with Gasteiger partial charge < -0.3 is 10.1 Å². The van der Waals surface area contributed by atoms with Crippen LogP contribution >= 0.6 is 0 Å². The Bertz CT molecular complexity index is 213. The van der Waals surface area contributed by atoms with Crippen molar-refractivity contribution in [3.05, 3.63) is 23.8 Å². The molecule has 3 nitrogen and oxygen atoms in total. The van der Waals surface area contributed by atoms with Gasteiger partial charge >= 0.3 is 0 Å². The minimum atomic E-state index is 0.656. The van der Waals surface area contributed by atoms with Crippen LogP contribution in [-0.4, -0.2) is 13.4 Å². The molecule has 68 valence electrons. The first kappa shape index (κ1) is 10.8. The minimum absolute atomic E-state index is 0.656. The van der Waals surface area contributed by atoms with Gasteiger partial charge in [-0.1, -0.05) is 6.58 Å². The standard InChI is InChI=1S/C9H16N2O/c1-7(2)9(11-6-10-5)12-8(3)4/h6H,3H2,1-2,4-5H3,(H,10,11). The van der Waals surface area contributed by atoms with E-state index in [0.717, 1.165) is 5.57 Å². The summed E-state index contributed by atoms with van der Waals surface area (Å²) in [6, 6.07) is 0. The summed E-state index contributed by atoms with van der Waals surface area (Å²) in [6.07, 6.45) is 1.57. The molecule has 12 heavy (non-hydrogen) atoms. The van der Waals surface area contributed by atoms with E-state index < -0.39 is 0 Å². The molecule has 0 amide bonds. The topological polar surface area (TPSA) is 33.6 Å². The van der Waals surface area contributed by atoms with Crippen LogP contribution in [0.5, 0.6) is 0 Å². The lowest BCUT2D eigenvalue weighted by Crippen LogP contribution is -2.14. The minimum Gasteiger partial charge on any atom is -0.446 e. The summed E-state index contributed by atoms with van der Waals surface area (Å²) in [6.45, 7) is 9.35. The van der Waals surface area contributed by atoms with Gasteiger partial charge in [-0.15, -0.1) is 0 Å². The van der Waals surface area contributed by atoms with E-state index in [9.17, 15) is 0 Å². The number of aliphatic imine (C=N–C) groups is 1. The van der Waals surface area contributed by atoms with E-state index in [1.165, 1.54) is 0 Å². The van der Waals surface area contributed by atoms with Crippen LogP contribution in [0.15, 0.2) is 28.8 Å². The Morgan fingerprint density at radius 3 is 2.33 bits per heavy atom. The monoisotopic (exact) mass is 168 g/mol. The van der Waals surface area contributed by atoms with Gasteiger partial charge in [-0.3, -0.25) is 4.99 Å². The van der Waals surface area contributed by atoms with Gasteiger partial charge in [0.25, 0.3) is 0 Å². The maximum absolute atomic E-state index is 5.30. The molecule has 0 spiro atoms. The molecule has 0 aliphatic carbocycles. The van der Waals surface area contributed by atoms with Gasteiger partial charge in [0.2, 0.25) is 0 Å². The van der Waals surface area contributed by atoms with Crippen molar-refractivity contribution in [1.82, 2.24) is 5.32 Å². The van der Waals surface area contributed by atoms with Crippen molar-refractivity contribution in [3.8, 4) is 0 Å². The van der Waals surface area contributed by atoms with Gasteiger partial charge in [0.1, 0.15) is 0 Å². The van der Waals surface area contributed by atoms with Crippen LogP contribution in [0.25, 0.3) is 0 Å². The molecular weight excluding hydrogens is 152 g/mol. The summed E-state index contributed by atoms with van der Waals surface area (Å²) < 4.78 is 5.30. The van der Waals surface area contributed by atoms with E-state index in [1.807, 2.05) is 13.8 Å². The summed E-state index contributed by atoms with van der Waals surface area (Å²) in [7, 11) is 1.69. The predicted octanol–water partition coefficient (Wildman–Crippen LogP) is 2.04. The highest BCUT2D eigenvalue weighted by atomic mass is 16.5. The molecule has 0 aromatic heterocycles. The van der Waals surface area contributed by atoms with Crippen LogP contribution in [0.2, 0.25) is 0 Å². The lowest BCUT2D eigenvalue weighted by molar-refractivity contribution is 0.289. The molecule has 0 aliphatic heterocycles. The SMILES string of the molecule is C=C(C)OC(NC=NC)=C(C)C. The molecule has 0 atom stereocenters. The predicted molar refractivity (Wildman–Crippen MR) is 51.8 cm³/mol.